The summed E-state index contributed by atoms with van der Waals surface area (Å²) in [6, 6.07) is 4.33. The second kappa shape index (κ2) is 9.00. The number of likely N-dealkylation sites (N-methyl/N-ethyl adjacent to an activating group) is 1. The predicted octanol–water partition coefficient (Wildman–Crippen LogP) is 2.81. The smallest absolute Gasteiger partial charge is 0.259 e. The highest BCUT2D eigenvalue weighted by Crippen LogP contribution is 2.37. The van der Waals surface area contributed by atoms with E-state index in [-0.39, 0.29) is 12.5 Å². The molecule has 1 N–H and O–H groups in total. The lowest BCUT2D eigenvalue weighted by molar-refractivity contribution is -0.130. The molecule has 0 unspecified atom stereocenters. The topological polar surface area (TPSA) is 50.8 Å². The highest BCUT2D eigenvalue weighted by atomic mass is 79.9. The molecule has 0 fully saturated rings. The molecule has 0 bridgehead atoms. The molecule has 6 heteroatoms. The first-order valence-corrected chi connectivity index (χ1v) is 8.16. The van der Waals surface area contributed by atoms with Gasteiger partial charge in [-0.2, -0.15) is 0 Å². The molecule has 0 aromatic heterocycles. The summed E-state index contributed by atoms with van der Waals surface area (Å²) in [7, 11) is 3.40. The van der Waals surface area contributed by atoms with Crippen LogP contribution in [0.1, 0.15) is 26.3 Å². The van der Waals surface area contributed by atoms with Crippen LogP contribution in [0.25, 0.3) is 0 Å². The van der Waals surface area contributed by atoms with Crippen LogP contribution in [0, 0.1) is 0 Å². The molecule has 0 aliphatic carbocycles. The summed E-state index contributed by atoms with van der Waals surface area (Å²) in [5.41, 5.74) is 1.09. The lowest BCUT2D eigenvalue weighted by Crippen LogP contribution is -2.27. The fraction of sp³-hybridized carbons (Fsp3) is 0.562. The maximum atomic E-state index is 11.7. The van der Waals surface area contributed by atoms with E-state index in [0.717, 1.165) is 16.6 Å². The van der Waals surface area contributed by atoms with Crippen LogP contribution < -0.4 is 14.8 Å². The lowest BCUT2D eigenvalue weighted by atomic mass is 10.2. The van der Waals surface area contributed by atoms with Gasteiger partial charge in [0.05, 0.1) is 11.1 Å². The Bertz CT molecular complexity index is 504. The number of hydrogen-bond acceptors (Lipinski definition) is 4. The fourth-order valence-electron chi connectivity index (χ4n) is 1.71. The van der Waals surface area contributed by atoms with Crippen molar-refractivity contribution in [2.75, 3.05) is 27.3 Å². The van der Waals surface area contributed by atoms with Gasteiger partial charge < -0.3 is 19.7 Å². The molecule has 0 spiro atoms. The van der Waals surface area contributed by atoms with E-state index in [9.17, 15) is 4.79 Å². The predicted molar refractivity (Wildman–Crippen MR) is 91.5 cm³/mol. The van der Waals surface area contributed by atoms with Gasteiger partial charge in [-0.3, -0.25) is 4.79 Å². The first kappa shape index (κ1) is 18.8. The monoisotopic (exact) mass is 372 g/mol. The van der Waals surface area contributed by atoms with Gasteiger partial charge in [0.25, 0.3) is 5.91 Å². The minimum Gasteiger partial charge on any atom is -0.490 e. The van der Waals surface area contributed by atoms with Gasteiger partial charge in [0.1, 0.15) is 0 Å². The third-order valence-electron chi connectivity index (χ3n) is 2.92. The van der Waals surface area contributed by atoms with E-state index in [1.807, 2.05) is 19.1 Å². The molecular weight excluding hydrogens is 348 g/mol. The molecule has 1 amide bonds. The number of halogens is 1. The summed E-state index contributed by atoms with van der Waals surface area (Å²) in [5, 5.41) is 3.36. The third-order valence-corrected chi connectivity index (χ3v) is 3.51. The maximum Gasteiger partial charge on any atom is 0.259 e. The summed E-state index contributed by atoms with van der Waals surface area (Å²) in [6.07, 6.45) is 0. The van der Waals surface area contributed by atoms with Crippen molar-refractivity contribution >= 4 is 21.8 Å². The Kier molecular flexibility index (Phi) is 7.68. The zero-order valence-corrected chi connectivity index (χ0v) is 15.5. The quantitative estimate of drug-likeness (QED) is 0.762. The Morgan fingerprint density at radius 2 is 2.00 bits per heavy atom. The van der Waals surface area contributed by atoms with Crippen molar-refractivity contribution in [2.24, 2.45) is 0 Å². The molecule has 0 atom stereocenters. The van der Waals surface area contributed by atoms with Crippen molar-refractivity contribution in [3.05, 3.63) is 22.2 Å². The molecule has 0 saturated carbocycles. The van der Waals surface area contributed by atoms with Gasteiger partial charge in [-0.15, -0.1) is 0 Å². The van der Waals surface area contributed by atoms with Crippen LogP contribution in [0.2, 0.25) is 0 Å². The molecule has 1 aromatic carbocycles. The standard InChI is InChI=1S/C16H25BrN2O3/c1-6-21-14-8-12(9-18-11(2)3)7-13(17)16(14)22-10-15(20)19(4)5/h7-8,11,18H,6,9-10H2,1-5H3. The van der Waals surface area contributed by atoms with E-state index in [1.54, 1.807) is 14.1 Å². The van der Waals surface area contributed by atoms with E-state index in [4.69, 9.17) is 9.47 Å². The minimum absolute atomic E-state index is 0.0186. The maximum absolute atomic E-state index is 11.7. The summed E-state index contributed by atoms with van der Waals surface area (Å²) >= 11 is 3.50. The molecule has 0 aliphatic heterocycles. The largest absolute Gasteiger partial charge is 0.490 e. The van der Waals surface area contributed by atoms with Gasteiger partial charge in [-0.1, -0.05) is 13.8 Å². The molecule has 5 nitrogen and oxygen atoms in total. The van der Waals surface area contributed by atoms with E-state index in [1.165, 1.54) is 4.90 Å². The van der Waals surface area contributed by atoms with Gasteiger partial charge in [0.15, 0.2) is 18.1 Å². The first-order valence-electron chi connectivity index (χ1n) is 7.36. The van der Waals surface area contributed by atoms with Gasteiger partial charge in [0, 0.05) is 26.7 Å². The normalized spacial score (nSPS) is 10.7. The highest BCUT2D eigenvalue weighted by molar-refractivity contribution is 9.10. The number of hydrogen-bond donors (Lipinski definition) is 1. The van der Waals surface area contributed by atoms with E-state index in [0.29, 0.717) is 24.1 Å². The molecule has 124 valence electrons. The van der Waals surface area contributed by atoms with Gasteiger partial charge in [-0.05, 0) is 40.5 Å². The van der Waals surface area contributed by atoms with Gasteiger partial charge in [0.2, 0.25) is 0 Å². The molecule has 0 radical (unpaired) electrons. The van der Waals surface area contributed by atoms with Crippen molar-refractivity contribution in [3.63, 3.8) is 0 Å². The number of carbonyl (C=O) groups excluding carboxylic acids is 1. The Morgan fingerprint density at radius 3 is 2.55 bits per heavy atom. The van der Waals surface area contributed by atoms with Crippen LogP contribution >= 0.6 is 15.9 Å². The number of benzene rings is 1. The number of ether oxygens (including phenoxy) is 2. The van der Waals surface area contributed by atoms with Crippen molar-refractivity contribution in [3.8, 4) is 11.5 Å². The molecule has 1 aromatic rings. The van der Waals surface area contributed by atoms with Crippen molar-refractivity contribution in [1.82, 2.24) is 10.2 Å². The summed E-state index contributed by atoms with van der Waals surface area (Å²) in [4.78, 5) is 13.2. The minimum atomic E-state index is -0.0973. The van der Waals surface area contributed by atoms with Crippen molar-refractivity contribution in [2.45, 2.75) is 33.4 Å². The Labute approximate surface area is 141 Å². The average molecular weight is 373 g/mol. The van der Waals surface area contributed by atoms with Crippen molar-refractivity contribution < 1.29 is 14.3 Å². The number of amides is 1. The van der Waals surface area contributed by atoms with Gasteiger partial charge in [-0.25, -0.2) is 0 Å². The van der Waals surface area contributed by atoms with Crippen LogP contribution in [-0.2, 0) is 11.3 Å². The average Bonchev–Trinajstić information content (AvgIpc) is 2.44. The van der Waals surface area contributed by atoms with Crippen LogP contribution in [0.15, 0.2) is 16.6 Å². The number of rotatable bonds is 8. The highest BCUT2D eigenvalue weighted by Gasteiger charge is 2.14. The van der Waals surface area contributed by atoms with E-state index in [2.05, 4.69) is 35.1 Å². The number of carbonyl (C=O) groups is 1. The SMILES string of the molecule is CCOc1cc(CNC(C)C)cc(Br)c1OCC(=O)N(C)C. The molecule has 0 aliphatic rings. The zero-order valence-electron chi connectivity index (χ0n) is 13.9. The number of nitrogens with one attached hydrogen (secondary N) is 1. The molecule has 0 heterocycles. The molecule has 1 rings (SSSR count). The Balaban J connectivity index is 2.92. The second-order valence-corrected chi connectivity index (χ2v) is 6.30. The second-order valence-electron chi connectivity index (χ2n) is 5.45. The fourth-order valence-corrected chi connectivity index (χ4v) is 2.32. The summed E-state index contributed by atoms with van der Waals surface area (Å²) in [6.45, 7) is 7.38. The van der Waals surface area contributed by atoms with Crippen LogP contribution in [0.4, 0.5) is 0 Å². The van der Waals surface area contributed by atoms with Crippen molar-refractivity contribution in [1.29, 1.82) is 0 Å². The Morgan fingerprint density at radius 1 is 1.32 bits per heavy atom. The Hall–Kier alpha value is -1.27. The van der Waals surface area contributed by atoms with E-state index >= 15 is 0 Å². The summed E-state index contributed by atoms with van der Waals surface area (Å²) < 4.78 is 12.1. The van der Waals surface area contributed by atoms with E-state index < -0.39 is 0 Å². The molecular formula is C16H25BrN2O3. The summed E-state index contributed by atoms with van der Waals surface area (Å²) in [5.74, 6) is 1.11. The molecule has 0 saturated heterocycles. The zero-order chi connectivity index (χ0) is 16.7. The molecule has 22 heavy (non-hydrogen) atoms. The van der Waals surface area contributed by atoms with Gasteiger partial charge >= 0.3 is 0 Å². The van der Waals surface area contributed by atoms with Crippen LogP contribution in [-0.4, -0.2) is 44.2 Å². The first-order chi connectivity index (χ1) is 10.3. The number of nitrogens with zero attached hydrogens (tertiary/aromatic N) is 1. The lowest BCUT2D eigenvalue weighted by Gasteiger charge is -2.17. The van der Waals surface area contributed by atoms with Crippen LogP contribution in [0.5, 0.6) is 11.5 Å². The third kappa shape index (κ3) is 5.85. The van der Waals surface area contributed by atoms with Crippen LogP contribution in [0.3, 0.4) is 0 Å².